The second-order valence-corrected chi connectivity index (χ2v) is 6.25. The van der Waals surface area contributed by atoms with Crippen molar-refractivity contribution in [3.05, 3.63) is 10.1 Å². The van der Waals surface area contributed by atoms with Gasteiger partial charge in [-0.15, -0.1) is 23.2 Å². The van der Waals surface area contributed by atoms with Crippen molar-refractivity contribution >= 4 is 46.4 Å². The number of alkyl halides is 2. The van der Waals surface area contributed by atoms with Crippen LogP contribution in [-0.4, -0.2) is 41.5 Å². The molecule has 0 aromatic heterocycles. The van der Waals surface area contributed by atoms with E-state index in [-0.39, 0.29) is 22.6 Å². The minimum Gasteiger partial charge on any atom is -0.396 e. The highest BCUT2D eigenvalue weighted by atomic mass is 35.5. The van der Waals surface area contributed by atoms with Crippen LogP contribution in [0.25, 0.3) is 0 Å². The third kappa shape index (κ3) is 1.27. The molecule has 2 aliphatic carbocycles. The number of fused-ring (bicyclic) bond motifs is 2. The normalized spacial score (nSPS) is 43.6. The van der Waals surface area contributed by atoms with Crippen LogP contribution < -0.4 is 0 Å². The van der Waals surface area contributed by atoms with E-state index in [9.17, 15) is 5.11 Å². The molecule has 0 radical (unpaired) electrons. The average molecular weight is 322 g/mol. The number of methoxy groups -OCH3 is 2. The summed E-state index contributed by atoms with van der Waals surface area (Å²) in [6.07, 6.45) is 0.339. The van der Waals surface area contributed by atoms with Gasteiger partial charge in [0.1, 0.15) is 9.75 Å². The zero-order chi connectivity index (χ0) is 13.1. The molecule has 1 saturated carbocycles. The molecule has 0 aliphatic heterocycles. The number of ether oxygens (including phenoxy) is 2. The highest BCUT2D eigenvalue weighted by molar-refractivity contribution is 6.51. The lowest BCUT2D eigenvalue weighted by Gasteiger charge is -2.41. The lowest BCUT2D eigenvalue weighted by molar-refractivity contribution is -0.219. The van der Waals surface area contributed by atoms with E-state index in [1.54, 1.807) is 0 Å². The molecule has 0 heterocycles. The van der Waals surface area contributed by atoms with Crippen molar-refractivity contribution in [3.63, 3.8) is 0 Å². The Kier molecular flexibility index (Phi) is 3.45. The van der Waals surface area contributed by atoms with Crippen molar-refractivity contribution in [2.24, 2.45) is 5.92 Å². The lowest BCUT2D eigenvalue weighted by atomic mass is 9.92. The van der Waals surface area contributed by atoms with Crippen molar-refractivity contribution in [3.8, 4) is 0 Å². The minimum atomic E-state index is -1.37. The summed E-state index contributed by atoms with van der Waals surface area (Å²) < 4.78 is 10.8. The highest BCUT2D eigenvalue weighted by Crippen LogP contribution is 2.71. The molecule has 3 nitrogen and oxygen atoms in total. The van der Waals surface area contributed by atoms with E-state index in [1.807, 2.05) is 0 Å². The van der Waals surface area contributed by atoms with Crippen LogP contribution in [0, 0.1) is 5.92 Å². The molecular weight excluding hydrogens is 310 g/mol. The fourth-order valence-electron chi connectivity index (χ4n) is 2.96. The first-order valence-corrected chi connectivity index (χ1v) is 6.52. The molecule has 1 fully saturated rings. The first-order chi connectivity index (χ1) is 7.85. The zero-order valence-electron chi connectivity index (χ0n) is 9.27. The minimum absolute atomic E-state index is 0.174. The van der Waals surface area contributed by atoms with Gasteiger partial charge in [-0.25, -0.2) is 0 Å². The molecule has 2 bridgehead atoms. The SMILES string of the molecule is COC1(OC)[C@@]2(Cl)C(Cl)=C(Cl)[C@@]1(Cl)C[C@H]2CO. The van der Waals surface area contributed by atoms with Crippen molar-refractivity contribution in [2.45, 2.75) is 22.0 Å². The number of aliphatic hydroxyl groups is 1. The summed E-state index contributed by atoms with van der Waals surface area (Å²) in [7, 11) is 2.86. The van der Waals surface area contributed by atoms with Gasteiger partial charge in [0.05, 0.1) is 10.1 Å². The van der Waals surface area contributed by atoms with Crippen LogP contribution in [-0.2, 0) is 9.47 Å². The molecule has 3 atom stereocenters. The van der Waals surface area contributed by atoms with Crippen molar-refractivity contribution < 1.29 is 14.6 Å². The first-order valence-electron chi connectivity index (χ1n) is 5.01. The summed E-state index contributed by atoms with van der Waals surface area (Å²) in [6.45, 7) is -0.174. The second-order valence-electron chi connectivity index (χ2n) is 4.25. The van der Waals surface area contributed by atoms with Gasteiger partial charge in [0.15, 0.2) is 0 Å². The highest BCUT2D eigenvalue weighted by Gasteiger charge is 2.80. The van der Waals surface area contributed by atoms with Crippen LogP contribution in [0.4, 0.5) is 0 Å². The van der Waals surface area contributed by atoms with Crippen molar-refractivity contribution in [1.29, 1.82) is 0 Å². The van der Waals surface area contributed by atoms with Crippen molar-refractivity contribution in [1.82, 2.24) is 0 Å². The summed E-state index contributed by atoms with van der Waals surface area (Å²) in [5.74, 6) is -1.75. The molecule has 1 N–H and O–H groups in total. The molecule has 0 aromatic carbocycles. The molecule has 2 aliphatic rings. The number of aliphatic hydroxyl groups excluding tert-OH is 1. The largest absolute Gasteiger partial charge is 0.396 e. The van der Waals surface area contributed by atoms with Gasteiger partial charge in [-0.3, -0.25) is 0 Å². The smallest absolute Gasteiger partial charge is 0.217 e. The van der Waals surface area contributed by atoms with Gasteiger partial charge < -0.3 is 14.6 Å². The Labute approximate surface area is 120 Å². The summed E-state index contributed by atoms with van der Waals surface area (Å²) in [5.41, 5.74) is 0. The molecule has 17 heavy (non-hydrogen) atoms. The predicted molar refractivity (Wildman–Crippen MR) is 67.8 cm³/mol. The fraction of sp³-hybridized carbons (Fsp3) is 0.800. The van der Waals surface area contributed by atoms with Gasteiger partial charge in [0.25, 0.3) is 0 Å². The summed E-state index contributed by atoms with van der Waals surface area (Å²) in [6, 6.07) is 0. The van der Waals surface area contributed by atoms with Crippen LogP contribution >= 0.6 is 46.4 Å². The standard InChI is InChI=1S/C10H12Cl4O3/c1-16-10(17-2)8(13)3-5(4-15)9(10,14)7(12)6(8)11/h5,15H,3-4H2,1-2H3/t5-,8-,9-/m0/s1. The second kappa shape index (κ2) is 4.14. The van der Waals surface area contributed by atoms with Crippen LogP contribution in [0.1, 0.15) is 6.42 Å². The molecule has 98 valence electrons. The molecule has 0 spiro atoms. The monoisotopic (exact) mass is 320 g/mol. The number of rotatable bonds is 3. The molecule has 0 saturated heterocycles. The maximum absolute atomic E-state index is 9.42. The number of hydrogen-bond donors (Lipinski definition) is 1. The van der Waals surface area contributed by atoms with E-state index in [2.05, 4.69) is 0 Å². The fourth-order valence-corrected chi connectivity index (χ4v) is 5.03. The topological polar surface area (TPSA) is 38.7 Å². The Balaban J connectivity index is 2.68. The molecule has 0 amide bonds. The molecule has 0 unspecified atom stereocenters. The predicted octanol–water partition coefficient (Wildman–Crippen LogP) is 2.65. The average Bonchev–Trinajstić information content (AvgIpc) is 2.60. The van der Waals surface area contributed by atoms with Crippen molar-refractivity contribution in [2.75, 3.05) is 20.8 Å². The van der Waals surface area contributed by atoms with E-state index in [0.29, 0.717) is 6.42 Å². The third-order valence-corrected chi connectivity index (χ3v) is 6.37. The maximum atomic E-state index is 9.42. The van der Waals surface area contributed by atoms with E-state index < -0.39 is 15.5 Å². The Morgan fingerprint density at radius 1 is 1.24 bits per heavy atom. The summed E-state index contributed by atoms with van der Waals surface area (Å²) in [4.78, 5) is -2.42. The molecule has 7 heteroatoms. The Morgan fingerprint density at radius 3 is 2.12 bits per heavy atom. The van der Waals surface area contributed by atoms with Gasteiger partial charge in [0.2, 0.25) is 5.79 Å². The van der Waals surface area contributed by atoms with Gasteiger partial charge in [-0.2, -0.15) is 0 Å². The van der Waals surface area contributed by atoms with E-state index in [0.717, 1.165) is 0 Å². The molecular formula is C10H12Cl4O3. The van der Waals surface area contributed by atoms with Crippen LogP contribution in [0.5, 0.6) is 0 Å². The maximum Gasteiger partial charge on any atom is 0.217 e. The van der Waals surface area contributed by atoms with Gasteiger partial charge in [0, 0.05) is 26.7 Å². The Hall–Kier alpha value is 0.780. The molecule has 0 aromatic rings. The number of halogens is 4. The van der Waals surface area contributed by atoms with E-state index in [1.165, 1.54) is 14.2 Å². The Bertz CT molecular complexity index is 382. The first kappa shape index (κ1) is 14.2. The van der Waals surface area contributed by atoms with Crippen LogP contribution in [0.3, 0.4) is 0 Å². The third-order valence-electron chi connectivity index (χ3n) is 3.75. The quantitative estimate of drug-likeness (QED) is 0.641. The van der Waals surface area contributed by atoms with Crippen LogP contribution in [0.15, 0.2) is 10.1 Å². The summed E-state index contributed by atoms with van der Waals surface area (Å²) in [5, 5.41) is 9.83. The van der Waals surface area contributed by atoms with Gasteiger partial charge >= 0.3 is 0 Å². The van der Waals surface area contributed by atoms with E-state index >= 15 is 0 Å². The van der Waals surface area contributed by atoms with Gasteiger partial charge in [-0.1, -0.05) is 23.2 Å². The number of hydrogen-bond acceptors (Lipinski definition) is 3. The Morgan fingerprint density at radius 2 is 1.76 bits per heavy atom. The lowest BCUT2D eigenvalue weighted by Crippen LogP contribution is -2.57. The van der Waals surface area contributed by atoms with E-state index in [4.69, 9.17) is 55.9 Å². The van der Waals surface area contributed by atoms with Crippen LogP contribution in [0.2, 0.25) is 0 Å². The summed E-state index contributed by atoms with van der Waals surface area (Å²) >= 11 is 25.4. The molecule has 2 rings (SSSR count). The zero-order valence-corrected chi connectivity index (χ0v) is 12.3. The van der Waals surface area contributed by atoms with Gasteiger partial charge in [-0.05, 0) is 6.42 Å².